The lowest BCUT2D eigenvalue weighted by molar-refractivity contribution is 0.459. The van der Waals surface area contributed by atoms with Crippen LogP contribution in [0.1, 0.15) is 0 Å². The zero-order chi connectivity index (χ0) is 9.38. The summed E-state index contributed by atoms with van der Waals surface area (Å²) in [6, 6.07) is 9.95. The minimum Gasteiger partial charge on any atom is -0.356 e. The van der Waals surface area contributed by atoms with Crippen molar-refractivity contribution < 1.29 is 4.52 Å². The monoisotopic (exact) mass is 201 g/mol. The SMILES string of the molecule is c1ccc2c(-c3ccsc3)noc2c1. The number of para-hydroxylation sites is 1. The lowest BCUT2D eigenvalue weighted by Crippen LogP contribution is -1.72. The highest BCUT2D eigenvalue weighted by atomic mass is 32.1. The second-order valence-corrected chi connectivity index (χ2v) is 3.82. The molecule has 0 unspecified atom stereocenters. The molecule has 0 bridgehead atoms. The first kappa shape index (κ1) is 7.76. The zero-order valence-electron chi connectivity index (χ0n) is 7.31. The predicted molar refractivity (Wildman–Crippen MR) is 57.3 cm³/mol. The molecule has 0 atom stereocenters. The third-order valence-electron chi connectivity index (χ3n) is 2.17. The maximum atomic E-state index is 5.23. The van der Waals surface area contributed by atoms with Gasteiger partial charge in [-0.3, -0.25) is 0 Å². The molecule has 0 saturated heterocycles. The number of hydrogen-bond acceptors (Lipinski definition) is 3. The first-order valence-electron chi connectivity index (χ1n) is 4.32. The Morgan fingerprint density at radius 1 is 1.14 bits per heavy atom. The van der Waals surface area contributed by atoms with Crippen molar-refractivity contribution in [2.24, 2.45) is 0 Å². The van der Waals surface area contributed by atoms with Crippen LogP contribution in [0.25, 0.3) is 22.2 Å². The Morgan fingerprint density at radius 2 is 2.07 bits per heavy atom. The van der Waals surface area contributed by atoms with E-state index in [4.69, 9.17) is 4.52 Å². The van der Waals surface area contributed by atoms with Crippen molar-refractivity contribution in [1.82, 2.24) is 5.16 Å². The van der Waals surface area contributed by atoms with Crippen LogP contribution in [0, 0.1) is 0 Å². The summed E-state index contributed by atoms with van der Waals surface area (Å²) < 4.78 is 5.23. The van der Waals surface area contributed by atoms with Crippen LogP contribution >= 0.6 is 11.3 Å². The van der Waals surface area contributed by atoms with Crippen molar-refractivity contribution in [3.8, 4) is 11.3 Å². The Balaban J connectivity index is 2.33. The van der Waals surface area contributed by atoms with Gasteiger partial charge in [0.25, 0.3) is 0 Å². The molecular formula is C11H7NOS. The number of thiophene rings is 1. The Labute approximate surface area is 84.8 Å². The fraction of sp³-hybridized carbons (Fsp3) is 0. The summed E-state index contributed by atoms with van der Waals surface area (Å²) >= 11 is 1.66. The molecule has 3 rings (SSSR count). The fourth-order valence-corrected chi connectivity index (χ4v) is 2.13. The van der Waals surface area contributed by atoms with E-state index in [1.165, 1.54) is 0 Å². The molecule has 2 nitrogen and oxygen atoms in total. The highest BCUT2D eigenvalue weighted by Gasteiger charge is 2.08. The molecular weight excluding hydrogens is 194 g/mol. The quantitative estimate of drug-likeness (QED) is 0.601. The molecule has 0 aliphatic heterocycles. The summed E-state index contributed by atoms with van der Waals surface area (Å²) in [5.74, 6) is 0. The third kappa shape index (κ3) is 1.06. The van der Waals surface area contributed by atoms with E-state index in [9.17, 15) is 0 Å². The number of benzene rings is 1. The second kappa shape index (κ2) is 2.96. The lowest BCUT2D eigenvalue weighted by atomic mass is 10.1. The van der Waals surface area contributed by atoms with Crippen molar-refractivity contribution in [3.05, 3.63) is 41.1 Å². The molecule has 0 saturated carbocycles. The molecule has 3 heteroatoms. The fourth-order valence-electron chi connectivity index (χ4n) is 1.49. The smallest absolute Gasteiger partial charge is 0.167 e. The van der Waals surface area contributed by atoms with Crippen LogP contribution in [0.5, 0.6) is 0 Å². The minimum atomic E-state index is 0.841. The summed E-state index contributed by atoms with van der Waals surface area (Å²) in [6.07, 6.45) is 0. The van der Waals surface area contributed by atoms with Crippen LogP contribution in [0.4, 0.5) is 0 Å². The summed E-state index contributed by atoms with van der Waals surface area (Å²) in [5, 5.41) is 9.26. The molecule has 1 aromatic carbocycles. The van der Waals surface area contributed by atoms with E-state index in [2.05, 4.69) is 16.6 Å². The van der Waals surface area contributed by atoms with Gasteiger partial charge in [0, 0.05) is 16.3 Å². The van der Waals surface area contributed by atoms with Crippen molar-refractivity contribution in [2.75, 3.05) is 0 Å². The number of aromatic nitrogens is 1. The van der Waals surface area contributed by atoms with Gasteiger partial charge < -0.3 is 4.52 Å². The molecule has 0 amide bonds. The standard InChI is InChI=1S/C11H7NOS/c1-2-4-10-9(3-1)11(12-13-10)8-5-6-14-7-8/h1-7H. The van der Waals surface area contributed by atoms with E-state index < -0.39 is 0 Å². The first-order chi connectivity index (χ1) is 6.95. The molecule has 68 valence electrons. The van der Waals surface area contributed by atoms with Crippen LogP contribution in [-0.4, -0.2) is 5.16 Å². The highest BCUT2D eigenvalue weighted by Crippen LogP contribution is 2.28. The largest absolute Gasteiger partial charge is 0.356 e. The van der Waals surface area contributed by atoms with E-state index in [0.717, 1.165) is 22.2 Å². The highest BCUT2D eigenvalue weighted by molar-refractivity contribution is 7.08. The van der Waals surface area contributed by atoms with Crippen LogP contribution < -0.4 is 0 Å². The average Bonchev–Trinajstić information content (AvgIpc) is 2.85. The van der Waals surface area contributed by atoms with Crippen LogP contribution in [0.3, 0.4) is 0 Å². The lowest BCUT2D eigenvalue weighted by Gasteiger charge is -1.89. The number of hydrogen-bond donors (Lipinski definition) is 0. The maximum absolute atomic E-state index is 5.23. The van der Waals surface area contributed by atoms with Crippen molar-refractivity contribution >= 4 is 22.3 Å². The second-order valence-electron chi connectivity index (χ2n) is 3.04. The number of rotatable bonds is 1. The molecule has 2 heterocycles. The summed E-state index contributed by atoms with van der Waals surface area (Å²) in [5.41, 5.74) is 2.90. The molecule has 0 radical (unpaired) electrons. The Morgan fingerprint density at radius 3 is 2.93 bits per heavy atom. The Bertz CT molecular complexity index is 553. The minimum absolute atomic E-state index is 0.841. The molecule has 0 aliphatic carbocycles. The number of fused-ring (bicyclic) bond motifs is 1. The average molecular weight is 201 g/mol. The van der Waals surface area contributed by atoms with Gasteiger partial charge in [0.1, 0.15) is 5.69 Å². The molecule has 2 aromatic heterocycles. The zero-order valence-corrected chi connectivity index (χ0v) is 8.12. The van der Waals surface area contributed by atoms with Gasteiger partial charge in [0.15, 0.2) is 5.58 Å². The van der Waals surface area contributed by atoms with Gasteiger partial charge in [-0.1, -0.05) is 17.3 Å². The summed E-state index contributed by atoms with van der Waals surface area (Å²) in [4.78, 5) is 0. The van der Waals surface area contributed by atoms with Gasteiger partial charge in [0.05, 0.1) is 0 Å². The number of nitrogens with zero attached hydrogens (tertiary/aromatic N) is 1. The maximum Gasteiger partial charge on any atom is 0.167 e. The summed E-state index contributed by atoms with van der Waals surface area (Å²) in [7, 11) is 0. The molecule has 3 aromatic rings. The van der Waals surface area contributed by atoms with Gasteiger partial charge in [-0.15, -0.1) is 0 Å². The van der Waals surface area contributed by atoms with Crippen LogP contribution in [0.2, 0.25) is 0 Å². The van der Waals surface area contributed by atoms with Crippen LogP contribution in [0.15, 0.2) is 45.6 Å². The Kier molecular flexibility index (Phi) is 1.64. The normalized spacial score (nSPS) is 10.9. The molecule has 0 fully saturated rings. The van der Waals surface area contributed by atoms with Gasteiger partial charge in [-0.05, 0) is 23.6 Å². The molecule has 0 N–H and O–H groups in total. The third-order valence-corrected chi connectivity index (χ3v) is 2.86. The van der Waals surface area contributed by atoms with Gasteiger partial charge in [0.2, 0.25) is 0 Å². The van der Waals surface area contributed by atoms with Crippen molar-refractivity contribution in [3.63, 3.8) is 0 Å². The Hall–Kier alpha value is -1.61. The topological polar surface area (TPSA) is 26.0 Å². The molecule has 0 aliphatic rings. The van der Waals surface area contributed by atoms with Crippen molar-refractivity contribution in [1.29, 1.82) is 0 Å². The van der Waals surface area contributed by atoms with E-state index in [1.54, 1.807) is 11.3 Å². The molecule has 14 heavy (non-hydrogen) atoms. The van der Waals surface area contributed by atoms with Gasteiger partial charge in [-0.25, -0.2) is 0 Å². The molecule has 0 spiro atoms. The van der Waals surface area contributed by atoms with E-state index in [-0.39, 0.29) is 0 Å². The van der Waals surface area contributed by atoms with Crippen molar-refractivity contribution in [2.45, 2.75) is 0 Å². The predicted octanol–water partition coefficient (Wildman–Crippen LogP) is 3.56. The van der Waals surface area contributed by atoms with E-state index >= 15 is 0 Å². The van der Waals surface area contributed by atoms with Gasteiger partial charge in [-0.2, -0.15) is 11.3 Å². The van der Waals surface area contributed by atoms with E-state index in [0.29, 0.717) is 0 Å². The van der Waals surface area contributed by atoms with Gasteiger partial charge >= 0.3 is 0 Å². The first-order valence-corrected chi connectivity index (χ1v) is 5.26. The summed E-state index contributed by atoms with van der Waals surface area (Å²) in [6.45, 7) is 0. The van der Waals surface area contributed by atoms with Crippen LogP contribution in [-0.2, 0) is 0 Å². The van der Waals surface area contributed by atoms with E-state index in [1.807, 2.05) is 29.6 Å².